The van der Waals surface area contributed by atoms with E-state index in [0.29, 0.717) is 17.2 Å². The molecule has 0 saturated heterocycles. The Labute approximate surface area is 116 Å². The van der Waals surface area contributed by atoms with Crippen molar-refractivity contribution < 1.29 is 28.9 Å². The lowest BCUT2D eigenvalue weighted by molar-refractivity contribution is -0.134. The first kappa shape index (κ1) is 15.6. The summed E-state index contributed by atoms with van der Waals surface area (Å²) in [4.78, 5) is 20.1. The maximum atomic E-state index is 11.1. The second-order valence-corrected chi connectivity index (χ2v) is 4.35. The quantitative estimate of drug-likeness (QED) is 0.818. The first-order chi connectivity index (χ1) is 9.25. The number of aliphatic carboxylic acids is 1. The van der Waals surface area contributed by atoms with Crippen molar-refractivity contribution in [3.05, 3.63) is 18.2 Å². The summed E-state index contributed by atoms with van der Waals surface area (Å²) in [5, 5.41) is 9.78. The molecule has 7 nitrogen and oxygen atoms in total. The minimum Gasteiger partial charge on any atom is -0.481 e. The molecule has 2 rings (SSSR count). The van der Waals surface area contributed by atoms with Crippen molar-refractivity contribution >= 4 is 12.1 Å². The smallest absolute Gasteiger partial charge is 0.412 e. The topological polar surface area (TPSA) is 94.1 Å². The molecule has 0 aromatic heterocycles. The summed E-state index contributed by atoms with van der Waals surface area (Å²) in [6.45, 7) is 4.66. The van der Waals surface area contributed by atoms with Crippen LogP contribution in [0.25, 0.3) is 0 Å². The zero-order valence-corrected chi connectivity index (χ0v) is 11.7. The normalized spacial score (nSPS) is 13.8. The number of nitrogens with one attached hydrogen (secondary N) is 1. The summed E-state index contributed by atoms with van der Waals surface area (Å²) in [7, 11) is 1.49. The lowest BCUT2D eigenvalue weighted by atomic mass is 10.3. The van der Waals surface area contributed by atoms with Crippen molar-refractivity contribution in [2.75, 3.05) is 7.05 Å². The minimum absolute atomic E-state index is 0.349. The number of hydrogen-bond acceptors (Lipinski definition) is 5. The Kier molecular flexibility index (Phi) is 4.79. The summed E-state index contributed by atoms with van der Waals surface area (Å²) in [6.07, 6.45) is -0.540. The number of fused-ring (bicyclic) bond motifs is 1. The second kappa shape index (κ2) is 6.14. The molecule has 1 aromatic rings. The van der Waals surface area contributed by atoms with Crippen LogP contribution in [0.3, 0.4) is 0 Å². The summed E-state index contributed by atoms with van der Waals surface area (Å²) in [5.41, 5.74) is 0. The van der Waals surface area contributed by atoms with Gasteiger partial charge in [0, 0.05) is 27.8 Å². The van der Waals surface area contributed by atoms with Gasteiger partial charge in [-0.25, -0.2) is 4.79 Å². The number of para-hydroxylation sites is 1. The molecule has 0 fully saturated rings. The number of hydrogen-bond donors (Lipinski definition) is 2. The van der Waals surface area contributed by atoms with Gasteiger partial charge in [0.25, 0.3) is 5.97 Å². The predicted octanol–water partition coefficient (Wildman–Crippen LogP) is 2.00. The van der Waals surface area contributed by atoms with E-state index in [1.165, 1.54) is 7.05 Å². The third kappa shape index (κ3) is 4.34. The molecule has 20 heavy (non-hydrogen) atoms. The molecule has 1 aromatic carbocycles. The van der Waals surface area contributed by atoms with E-state index in [-0.39, 0.29) is 0 Å². The van der Waals surface area contributed by atoms with Crippen LogP contribution < -0.4 is 19.5 Å². The highest BCUT2D eigenvalue weighted by molar-refractivity contribution is 5.72. The highest BCUT2D eigenvalue weighted by atomic mass is 16.7. The van der Waals surface area contributed by atoms with Crippen LogP contribution in [0.4, 0.5) is 4.79 Å². The number of carboxylic acids is 1. The molecule has 1 aliphatic rings. The fourth-order valence-corrected chi connectivity index (χ4v) is 1.44. The van der Waals surface area contributed by atoms with Crippen LogP contribution in [-0.4, -0.2) is 30.0 Å². The highest BCUT2D eigenvalue weighted by Gasteiger charge is 2.34. The van der Waals surface area contributed by atoms with Crippen LogP contribution in [0.15, 0.2) is 18.2 Å². The van der Waals surface area contributed by atoms with Gasteiger partial charge in [0.2, 0.25) is 11.5 Å². The maximum absolute atomic E-state index is 11.1. The van der Waals surface area contributed by atoms with Crippen LogP contribution in [-0.2, 0) is 4.79 Å². The molecule has 2 N–H and O–H groups in total. The van der Waals surface area contributed by atoms with E-state index in [1.54, 1.807) is 32.0 Å². The molecule has 0 aliphatic carbocycles. The van der Waals surface area contributed by atoms with E-state index in [4.69, 9.17) is 24.1 Å². The van der Waals surface area contributed by atoms with Crippen molar-refractivity contribution in [2.45, 2.75) is 26.6 Å². The van der Waals surface area contributed by atoms with Crippen molar-refractivity contribution in [1.82, 2.24) is 5.32 Å². The number of carbonyl (C=O) groups excluding carboxylic acids is 1. The fraction of sp³-hybridized carbons (Fsp3) is 0.385. The average Bonchev–Trinajstić information content (AvgIpc) is 2.63. The minimum atomic E-state index is -0.833. The van der Waals surface area contributed by atoms with E-state index in [0.717, 1.165) is 6.92 Å². The Bertz CT molecular complexity index is 508. The Balaban J connectivity index is 0.000000444. The highest BCUT2D eigenvalue weighted by Crippen LogP contribution is 2.45. The molecule has 0 saturated carbocycles. The van der Waals surface area contributed by atoms with Gasteiger partial charge in [0.1, 0.15) is 0 Å². The molecular formula is C13H17NO6. The summed E-state index contributed by atoms with van der Waals surface area (Å²) in [5.74, 6) is -0.185. The number of amides is 1. The first-order valence-electron chi connectivity index (χ1n) is 5.85. The van der Waals surface area contributed by atoms with Crippen LogP contribution in [0.1, 0.15) is 20.8 Å². The van der Waals surface area contributed by atoms with E-state index < -0.39 is 17.8 Å². The molecule has 1 aliphatic heterocycles. The Morgan fingerprint density at radius 2 is 1.90 bits per heavy atom. The Hall–Kier alpha value is -2.44. The SMILES string of the molecule is CC(=O)O.CNC(=O)Oc1cccc2c1OC(C)(C)O2. The summed E-state index contributed by atoms with van der Waals surface area (Å²) >= 11 is 0. The van der Waals surface area contributed by atoms with Crippen LogP contribution in [0.2, 0.25) is 0 Å². The van der Waals surface area contributed by atoms with Gasteiger partial charge < -0.3 is 24.6 Å². The predicted molar refractivity (Wildman–Crippen MR) is 70.2 cm³/mol. The molecule has 0 bridgehead atoms. The maximum Gasteiger partial charge on any atom is 0.412 e. The van der Waals surface area contributed by atoms with Crippen LogP contribution in [0, 0.1) is 0 Å². The van der Waals surface area contributed by atoms with Crippen molar-refractivity contribution in [3.63, 3.8) is 0 Å². The van der Waals surface area contributed by atoms with E-state index in [2.05, 4.69) is 5.32 Å². The van der Waals surface area contributed by atoms with Crippen LogP contribution >= 0.6 is 0 Å². The zero-order chi connectivity index (χ0) is 15.3. The fourth-order valence-electron chi connectivity index (χ4n) is 1.44. The number of rotatable bonds is 1. The summed E-state index contributed by atoms with van der Waals surface area (Å²) < 4.78 is 16.1. The molecule has 110 valence electrons. The number of benzene rings is 1. The standard InChI is InChI=1S/C11H13NO4.C2H4O2/c1-11(2)15-8-6-4-5-7(9(8)16-11)14-10(13)12-3;1-2(3)4/h4-6H,1-3H3,(H,12,13);1H3,(H,3,4). The number of carbonyl (C=O) groups is 2. The lowest BCUT2D eigenvalue weighted by Gasteiger charge is -2.16. The molecule has 0 radical (unpaired) electrons. The molecular weight excluding hydrogens is 266 g/mol. The number of carboxylic acid groups (broad SMARTS) is 1. The molecule has 0 spiro atoms. The third-order valence-corrected chi connectivity index (χ3v) is 2.05. The van der Waals surface area contributed by atoms with E-state index >= 15 is 0 Å². The van der Waals surface area contributed by atoms with Crippen molar-refractivity contribution in [2.24, 2.45) is 0 Å². The largest absolute Gasteiger partial charge is 0.481 e. The van der Waals surface area contributed by atoms with Gasteiger partial charge in [-0.15, -0.1) is 0 Å². The first-order valence-corrected chi connectivity index (χ1v) is 5.85. The zero-order valence-electron chi connectivity index (χ0n) is 11.7. The molecule has 1 amide bonds. The monoisotopic (exact) mass is 283 g/mol. The molecule has 1 heterocycles. The Morgan fingerprint density at radius 1 is 1.30 bits per heavy atom. The summed E-state index contributed by atoms with van der Waals surface area (Å²) in [6, 6.07) is 5.15. The molecule has 0 atom stereocenters. The Morgan fingerprint density at radius 3 is 2.45 bits per heavy atom. The van der Waals surface area contributed by atoms with Crippen molar-refractivity contribution in [1.29, 1.82) is 0 Å². The number of ether oxygens (including phenoxy) is 3. The van der Waals surface area contributed by atoms with Crippen molar-refractivity contribution in [3.8, 4) is 17.2 Å². The molecule has 7 heteroatoms. The third-order valence-electron chi connectivity index (χ3n) is 2.05. The van der Waals surface area contributed by atoms with Gasteiger partial charge in [0.05, 0.1) is 0 Å². The lowest BCUT2D eigenvalue weighted by Crippen LogP contribution is -2.30. The average molecular weight is 283 g/mol. The van der Waals surface area contributed by atoms with Gasteiger partial charge in [0.15, 0.2) is 11.5 Å². The van der Waals surface area contributed by atoms with Crippen LogP contribution in [0.5, 0.6) is 17.2 Å². The van der Waals surface area contributed by atoms with E-state index in [9.17, 15) is 4.79 Å². The van der Waals surface area contributed by atoms with Gasteiger partial charge in [-0.2, -0.15) is 0 Å². The van der Waals surface area contributed by atoms with Gasteiger partial charge in [-0.1, -0.05) is 6.07 Å². The van der Waals surface area contributed by atoms with Gasteiger partial charge in [-0.3, -0.25) is 4.79 Å². The van der Waals surface area contributed by atoms with Gasteiger partial charge in [-0.05, 0) is 12.1 Å². The van der Waals surface area contributed by atoms with Gasteiger partial charge >= 0.3 is 6.09 Å². The second-order valence-electron chi connectivity index (χ2n) is 4.35. The molecule has 0 unspecified atom stereocenters. The van der Waals surface area contributed by atoms with E-state index in [1.807, 2.05) is 0 Å².